The van der Waals surface area contributed by atoms with Gasteiger partial charge in [-0.05, 0) is 24.6 Å². The van der Waals surface area contributed by atoms with Crippen LogP contribution in [0.5, 0.6) is 11.5 Å². The maximum absolute atomic E-state index is 10.4. The first-order valence-corrected chi connectivity index (χ1v) is 6.10. The van der Waals surface area contributed by atoms with Gasteiger partial charge in [-0.2, -0.15) is 0 Å². The van der Waals surface area contributed by atoms with Crippen molar-refractivity contribution in [1.29, 1.82) is 0 Å². The number of aldehydes is 2. The Bertz CT molecular complexity index is 388. The molecule has 0 saturated carbocycles. The topological polar surface area (TPSA) is 52.6 Å². The van der Waals surface area contributed by atoms with E-state index < -0.39 is 0 Å². The Morgan fingerprint density at radius 1 is 1.16 bits per heavy atom. The van der Waals surface area contributed by atoms with Gasteiger partial charge in [-0.15, -0.1) is 0 Å². The number of benzene rings is 1. The summed E-state index contributed by atoms with van der Waals surface area (Å²) in [5, 5.41) is 0. The predicted octanol–water partition coefficient (Wildman–Crippen LogP) is 3.28. The lowest BCUT2D eigenvalue weighted by Crippen LogP contribution is -2.15. The third kappa shape index (κ3) is 6.04. The van der Waals surface area contributed by atoms with E-state index in [4.69, 9.17) is 9.47 Å². The van der Waals surface area contributed by atoms with Gasteiger partial charge in [0.05, 0.1) is 0 Å². The molecule has 0 radical (unpaired) electrons. The van der Waals surface area contributed by atoms with Crippen molar-refractivity contribution in [1.82, 2.24) is 0 Å². The van der Waals surface area contributed by atoms with E-state index in [1.807, 2.05) is 0 Å². The summed E-state index contributed by atoms with van der Waals surface area (Å²) in [6, 6.07) is 5.14. The second-order valence-corrected chi connectivity index (χ2v) is 3.83. The first-order chi connectivity index (χ1) is 8.81. The molecule has 4 nitrogen and oxygen atoms in total. The molecule has 0 saturated heterocycles. The van der Waals surface area contributed by atoms with Crippen molar-refractivity contribution in [2.24, 2.45) is 0 Å². The maximum atomic E-state index is 10.4. The normalized spacial score (nSPS) is 11.4. The van der Waals surface area contributed by atoms with E-state index in [1.165, 1.54) is 0 Å². The van der Waals surface area contributed by atoms with E-state index in [0.29, 0.717) is 30.3 Å². The molecule has 0 amide bonds. The van der Waals surface area contributed by atoms with E-state index in [-0.39, 0.29) is 7.43 Å². The Kier molecular flexibility index (Phi) is 9.14. The van der Waals surface area contributed by atoms with E-state index in [9.17, 15) is 9.59 Å². The van der Waals surface area contributed by atoms with E-state index in [0.717, 1.165) is 31.8 Å². The number of carbonyl (C=O) groups is 2. The Morgan fingerprint density at radius 2 is 1.84 bits per heavy atom. The first-order valence-electron chi connectivity index (χ1n) is 6.10. The van der Waals surface area contributed by atoms with Crippen LogP contribution < -0.4 is 9.47 Å². The predicted molar refractivity (Wildman–Crippen MR) is 75.1 cm³/mol. The lowest BCUT2D eigenvalue weighted by molar-refractivity contribution is -0.107. The average Bonchev–Trinajstić information content (AvgIpc) is 2.45. The molecule has 0 atom stereocenters. The van der Waals surface area contributed by atoms with Crippen molar-refractivity contribution in [3.05, 3.63) is 23.8 Å². The molecule has 19 heavy (non-hydrogen) atoms. The number of hydrogen-bond donors (Lipinski definition) is 0. The zero-order chi connectivity index (χ0) is 13.2. The Labute approximate surface area is 114 Å². The van der Waals surface area contributed by atoms with Crippen LogP contribution in [0.25, 0.3) is 0 Å². The minimum atomic E-state index is 0. The van der Waals surface area contributed by atoms with Crippen LogP contribution in [0.3, 0.4) is 0 Å². The average molecular weight is 266 g/mol. The summed E-state index contributed by atoms with van der Waals surface area (Å²) >= 11 is 0. The lowest BCUT2D eigenvalue weighted by atomic mass is 10.2. The fraction of sp³-hybridized carbons (Fsp3) is 0.467. The molecule has 1 heterocycles. The molecule has 0 bridgehead atoms. The maximum Gasteiger partial charge on any atom is 0.162 e. The molecule has 0 N–H and O–H groups in total. The van der Waals surface area contributed by atoms with Gasteiger partial charge >= 0.3 is 0 Å². The molecule has 106 valence electrons. The minimum Gasteiger partial charge on any atom is -0.486 e. The van der Waals surface area contributed by atoms with Crippen molar-refractivity contribution in [2.45, 2.75) is 33.6 Å². The number of hydrogen-bond acceptors (Lipinski definition) is 4. The smallest absolute Gasteiger partial charge is 0.162 e. The molecule has 0 aliphatic carbocycles. The fourth-order valence-corrected chi connectivity index (χ4v) is 1.42. The van der Waals surface area contributed by atoms with Crippen LogP contribution in [0.15, 0.2) is 18.2 Å². The first kappa shape index (κ1) is 17.2. The summed E-state index contributed by atoms with van der Waals surface area (Å²) < 4.78 is 10.6. The molecule has 1 aromatic carbocycles. The molecule has 1 aliphatic rings. The third-order valence-corrected chi connectivity index (χ3v) is 2.38. The van der Waals surface area contributed by atoms with E-state index in [1.54, 1.807) is 18.2 Å². The molecule has 0 fully saturated rings. The monoisotopic (exact) mass is 266 g/mol. The van der Waals surface area contributed by atoms with Crippen molar-refractivity contribution < 1.29 is 19.1 Å². The zero-order valence-corrected chi connectivity index (χ0v) is 10.6. The summed E-state index contributed by atoms with van der Waals surface area (Å²) in [4.78, 5) is 20.0. The van der Waals surface area contributed by atoms with Gasteiger partial charge in [-0.1, -0.05) is 20.8 Å². The highest BCUT2D eigenvalue weighted by Crippen LogP contribution is 2.29. The highest BCUT2D eigenvalue weighted by Gasteiger charge is 2.10. The molecule has 0 aromatic heterocycles. The van der Waals surface area contributed by atoms with Crippen molar-refractivity contribution in [3.8, 4) is 11.5 Å². The molecule has 1 aromatic rings. The molecular weight excluding hydrogens is 244 g/mol. The standard InChI is InChI=1S/C9H8O3.C5H10O.CH4/c10-6-7-1-2-8-9(5-7)12-4-3-11-8;1-2-3-4-5-6;/h1-2,5-6H,3-4H2;5H,2-4H2,1H3;1H4. The van der Waals surface area contributed by atoms with Gasteiger partial charge in [0.1, 0.15) is 25.8 Å². The number of unbranched alkanes of at least 4 members (excludes halogenated alkanes) is 2. The second kappa shape index (κ2) is 10.1. The van der Waals surface area contributed by atoms with Gasteiger partial charge < -0.3 is 14.3 Å². The molecular formula is C15H22O4. The van der Waals surface area contributed by atoms with Gasteiger partial charge in [-0.25, -0.2) is 0 Å². The highest BCUT2D eigenvalue weighted by atomic mass is 16.6. The SMILES string of the molecule is C.CCCCC=O.O=Cc1ccc2c(c1)OCCO2. The second-order valence-electron chi connectivity index (χ2n) is 3.83. The number of rotatable bonds is 4. The number of ether oxygens (including phenoxy) is 2. The van der Waals surface area contributed by atoms with Gasteiger partial charge in [0.25, 0.3) is 0 Å². The quantitative estimate of drug-likeness (QED) is 0.620. The van der Waals surface area contributed by atoms with Crippen molar-refractivity contribution >= 4 is 12.6 Å². The van der Waals surface area contributed by atoms with Gasteiger partial charge in [0, 0.05) is 12.0 Å². The van der Waals surface area contributed by atoms with Crippen LogP contribution in [0.2, 0.25) is 0 Å². The summed E-state index contributed by atoms with van der Waals surface area (Å²) in [7, 11) is 0. The van der Waals surface area contributed by atoms with E-state index in [2.05, 4.69) is 6.92 Å². The van der Waals surface area contributed by atoms with Gasteiger partial charge in [0.15, 0.2) is 11.5 Å². The summed E-state index contributed by atoms with van der Waals surface area (Å²) in [6.07, 6.45) is 4.65. The molecule has 4 heteroatoms. The summed E-state index contributed by atoms with van der Waals surface area (Å²) in [6.45, 7) is 3.20. The number of carbonyl (C=O) groups excluding carboxylic acids is 2. The van der Waals surface area contributed by atoms with Crippen LogP contribution in [0.1, 0.15) is 44.0 Å². The Hall–Kier alpha value is -1.84. The minimum absolute atomic E-state index is 0. The summed E-state index contributed by atoms with van der Waals surface area (Å²) in [5.74, 6) is 1.37. The van der Waals surface area contributed by atoms with Crippen molar-refractivity contribution in [2.75, 3.05) is 13.2 Å². The number of fused-ring (bicyclic) bond motifs is 1. The Morgan fingerprint density at radius 3 is 2.37 bits per heavy atom. The fourth-order valence-electron chi connectivity index (χ4n) is 1.42. The van der Waals surface area contributed by atoms with Crippen LogP contribution in [0, 0.1) is 0 Å². The van der Waals surface area contributed by atoms with Crippen molar-refractivity contribution in [3.63, 3.8) is 0 Å². The molecule has 1 aliphatic heterocycles. The highest BCUT2D eigenvalue weighted by molar-refractivity contribution is 5.76. The van der Waals surface area contributed by atoms with Crippen LogP contribution >= 0.6 is 0 Å². The third-order valence-electron chi connectivity index (χ3n) is 2.38. The van der Waals surface area contributed by atoms with Crippen LogP contribution in [0.4, 0.5) is 0 Å². The van der Waals surface area contributed by atoms with Gasteiger partial charge in [-0.3, -0.25) is 4.79 Å². The van der Waals surface area contributed by atoms with E-state index >= 15 is 0 Å². The molecule has 2 rings (SSSR count). The zero-order valence-electron chi connectivity index (χ0n) is 10.6. The summed E-state index contributed by atoms with van der Waals surface area (Å²) in [5.41, 5.74) is 0.610. The van der Waals surface area contributed by atoms with Gasteiger partial charge in [0.2, 0.25) is 0 Å². The Balaban J connectivity index is 0.000000404. The molecule has 0 spiro atoms. The lowest BCUT2D eigenvalue weighted by Gasteiger charge is -2.17. The molecule has 0 unspecified atom stereocenters. The van der Waals surface area contributed by atoms with Crippen LogP contribution in [-0.4, -0.2) is 25.8 Å². The van der Waals surface area contributed by atoms with Crippen LogP contribution in [-0.2, 0) is 4.79 Å². The largest absolute Gasteiger partial charge is 0.486 e.